The van der Waals surface area contributed by atoms with Crippen molar-refractivity contribution in [1.29, 1.82) is 0 Å². The Balaban J connectivity index is 1.70. The lowest BCUT2D eigenvalue weighted by atomic mass is 10.1. The first-order chi connectivity index (χ1) is 11.9. The van der Waals surface area contributed by atoms with Gasteiger partial charge in [0.2, 0.25) is 5.91 Å². The molecule has 1 saturated heterocycles. The van der Waals surface area contributed by atoms with E-state index in [2.05, 4.69) is 4.98 Å². The molecule has 2 heterocycles. The Morgan fingerprint density at radius 2 is 2.00 bits per heavy atom. The SMILES string of the molecule is NC(=O)c1cc(N2CCN(Cc3cc(F)ccc3F)C(=O)C2)ccn1. The first-order valence-corrected chi connectivity index (χ1v) is 7.66. The number of nitrogens with two attached hydrogens (primary N) is 1. The molecule has 3 rings (SSSR count). The number of carbonyl (C=O) groups excluding carboxylic acids is 2. The number of pyridine rings is 1. The molecule has 0 spiro atoms. The lowest BCUT2D eigenvalue weighted by molar-refractivity contribution is -0.131. The number of piperazine rings is 1. The van der Waals surface area contributed by atoms with E-state index in [4.69, 9.17) is 5.73 Å². The third-order valence-corrected chi connectivity index (χ3v) is 4.05. The van der Waals surface area contributed by atoms with E-state index in [0.29, 0.717) is 18.8 Å². The third-order valence-electron chi connectivity index (χ3n) is 4.05. The van der Waals surface area contributed by atoms with Crippen molar-refractivity contribution in [2.75, 3.05) is 24.5 Å². The molecule has 0 saturated carbocycles. The van der Waals surface area contributed by atoms with Crippen molar-refractivity contribution >= 4 is 17.5 Å². The summed E-state index contributed by atoms with van der Waals surface area (Å²) in [4.78, 5) is 30.7. The molecular weight excluding hydrogens is 330 g/mol. The maximum Gasteiger partial charge on any atom is 0.267 e. The first kappa shape index (κ1) is 16.8. The monoisotopic (exact) mass is 346 g/mol. The molecule has 0 unspecified atom stereocenters. The van der Waals surface area contributed by atoms with Crippen LogP contribution in [0.4, 0.5) is 14.5 Å². The molecule has 0 bridgehead atoms. The highest BCUT2D eigenvalue weighted by atomic mass is 19.1. The van der Waals surface area contributed by atoms with E-state index in [1.165, 1.54) is 17.2 Å². The Hall–Kier alpha value is -3.03. The van der Waals surface area contributed by atoms with Gasteiger partial charge >= 0.3 is 0 Å². The number of amides is 2. The van der Waals surface area contributed by atoms with Gasteiger partial charge in [0.1, 0.15) is 17.3 Å². The van der Waals surface area contributed by atoms with Gasteiger partial charge in [-0.2, -0.15) is 0 Å². The zero-order valence-corrected chi connectivity index (χ0v) is 13.3. The van der Waals surface area contributed by atoms with Crippen molar-refractivity contribution in [3.05, 3.63) is 59.4 Å². The summed E-state index contributed by atoms with van der Waals surface area (Å²) in [5, 5.41) is 0. The Kier molecular flexibility index (Phi) is 4.60. The van der Waals surface area contributed by atoms with Gasteiger partial charge in [-0.25, -0.2) is 8.78 Å². The highest BCUT2D eigenvalue weighted by Gasteiger charge is 2.25. The number of carbonyl (C=O) groups is 2. The van der Waals surface area contributed by atoms with Crippen LogP contribution in [0.25, 0.3) is 0 Å². The minimum absolute atomic E-state index is 0.0130. The van der Waals surface area contributed by atoms with Crippen LogP contribution in [-0.2, 0) is 11.3 Å². The van der Waals surface area contributed by atoms with E-state index in [1.807, 2.05) is 0 Å². The van der Waals surface area contributed by atoms with Gasteiger partial charge in [-0.1, -0.05) is 0 Å². The van der Waals surface area contributed by atoms with Crippen molar-refractivity contribution in [2.24, 2.45) is 5.73 Å². The van der Waals surface area contributed by atoms with Crippen LogP contribution in [0.3, 0.4) is 0 Å². The second-order valence-electron chi connectivity index (χ2n) is 5.74. The van der Waals surface area contributed by atoms with Crippen LogP contribution in [0.5, 0.6) is 0 Å². The average molecular weight is 346 g/mol. The van der Waals surface area contributed by atoms with E-state index in [9.17, 15) is 18.4 Å². The number of hydrogen-bond acceptors (Lipinski definition) is 4. The Morgan fingerprint density at radius 1 is 1.20 bits per heavy atom. The molecule has 25 heavy (non-hydrogen) atoms. The quantitative estimate of drug-likeness (QED) is 0.905. The number of hydrogen-bond donors (Lipinski definition) is 1. The summed E-state index contributed by atoms with van der Waals surface area (Å²) in [6.07, 6.45) is 1.45. The van der Waals surface area contributed by atoms with Crippen LogP contribution in [-0.4, -0.2) is 41.3 Å². The fraction of sp³-hybridized carbons (Fsp3) is 0.235. The molecule has 1 aromatic heterocycles. The number of anilines is 1. The number of aromatic nitrogens is 1. The largest absolute Gasteiger partial charge is 0.364 e. The smallest absolute Gasteiger partial charge is 0.267 e. The summed E-state index contributed by atoms with van der Waals surface area (Å²) >= 11 is 0. The number of benzene rings is 1. The molecule has 1 aliphatic rings. The predicted molar refractivity (Wildman–Crippen MR) is 86.7 cm³/mol. The molecule has 2 N–H and O–H groups in total. The molecule has 1 fully saturated rings. The fourth-order valence-electron chi connectivity index (χ4n) is 2.72. The molecule has 2 amide bonds. The second-order valence-corrected chi connectivity index (χ2v) is 5.74. The zero-order chi connectivity index (χ0) is 18.0. The first-order valence-electron chi connectivity index (χ1n) is 7.66. The summed E-state index contributed by atoms with van der Waals surface area (Å²) in [5.41, 5.74) is 6.13. The number of rotatable bonds is 4. The van der Waals surface area contributed by atoms with Crippen LogP contribution in [0.2, 0.25) is 0 Å². The Bertz CT molecular complexity index is 828. The van der Waals surface area contributed by atoms with E-state index in [-0.39, 0.29) is 30.3 Å². The van der Waals surface area contributed by atoms with E-state index < -0.39 is 17.5 Å². The van der Waals surface area contributed by atoms with Gasteiger partial charge in [0, 0.05) is 37.1 Å². The maximum absolute atomic E-state index is 13.7. The molecular formula is C17H16F2N4O2. The number of primary amides is 1. The number of nitrogens with zero attached hydrogens (tertiary/aromatic N) is 3. The maximum atomic E-state index is 13.7. The summed E-state index contributed by atoms with van der Waals surface area (Å²) in [6.45, 7) is 0.923. The Labute approximate surface area is 142 Å². The van der Waals surface area contributed by atoms with E-state index >= 15 is 0 Å². The van der Waals surface area contributed by atoms with Gasteiger partial charge in [0.15, 0.2) is 0 Å². The van der Waals surface area contributed by atoms with Crippen LogP contribution < -0.4 is 10.6 Å². The highest BCUT2D eigenvalue weighted by molar-refractivity contribution is 5.92. The lowest BCUT2D eigenvalue weighted by Crippen LogP contribution is -2.50. The summed E-state index contributed by atoms with van der Waals surface area (Å²) in [5.74, 6) is -1.95. The average Bonchev–Trinajstić information content (AvgIpc) is 2.60. The molecule has 1 aliphatic heterocycles. The zero-order valence-electron chi connectivity index (χ0n) is 13.3. The highest BCUT2D eigenvalue weighted by Crippen LogP contribution is 2.19. The molecule has 0 atom stereocenters. The van der Waals surface area contributed by atoms with Crippen LogP contribution in [0.15, 0.2) is 36.5 Å². The van der Waals surface area contributed by atoms with Crippen molar-refractivity contribution in [1.82, 2.24) is 9.88 Å². The predicted octanol–water partition coefficient (Wildman–Crippen LogP) is 1.31. The van der Waals surface area contributed by atoms with Crippen molar-refractivity contribution in [3.63, 3.8) is 0 Å². The van der Waals surface area contributed by atoms with Gasteiger partial charge in [0.25, 0.3) is 5.91 Å². The molecule has 8 heteroatoms. The van der Waals surface area contributed by atoms with Crippen LogP contribution >= 0.6 is 0 Å². The molecule has 130 valence electrons. The lowest BCUT2D eigenvalue weighted by Gasteiger charge is -2.35. The summed E-state index contributed by atoms with van der Waals surface area (Å²) < 4.78 is 27.0. The number of halogens is 2. The van der Waals surface area contributed by atoms with Gasteiger partial charge in [-0.15, -0.1) is 0 Å². The van der Waals surface area contributed by atoms with Crippen molar-refractivity contribution < 1.29 is 18.4 Å². The normalized spacial score (nSPS) is 14.7. The summed E-state index contributed by atoms with van der Waals surface area (Å²) in [6, 6.07) is 6.39. The van der Waals surface area contributed by atoms with Crippen LogP contribution in [0, 0.1) is 11.6 Å². The van der Waals surface area contributed by atoms with Gasteiger partial charge in [-0.3, -0.25) is 14.6 Å². The van der Waals surface area contributed by atoms with Crippen LogP contribution in [0.1, 0.15) is 16.1 Å². The molecule has 2 aromatic rings. The van der Waals surface area contributed by atoms with Gasteiger partial charge in [-0.05, 0) is 30.3 Å². The third kappa shape index (κ3) is 3.73. The van der Waals surface area contributed by atoms with Crippen molar-refractivity contribution in [3.8, 4) is 0 Å². The summed E-state index contributed by atoms with van der Waals surface area (Å²) in [7, 11) is 0. The fourth-order valence-corrected chi connectivity index (χ4v) is 2.72. The van der Waals surface area contributed by atoms with Gasteiger partial charge < -0.3 is 15.5 Å². The minimum Gasteiger partial charge on any atom is -0.364 e. The van der Waals surface area contributed by atoms with Gasteiger partial charge in [0.05, 0.1) is 6.54 Å². The standard InChI is InChI=1S/C17H16F2N4O2/c18-12-1-2-14(19)11(7-12)9-23-6-5-22(10-16(23)24)13-3-4-21-15(8-13)17(20)25/h1-4,7-8H,5-6,9-10H2,(H2,20,25). The van der Waals surface area contributed by atoms with Crippen molar-refractivity contribution in [2.45, 2.75) is 6.54 Å². The molecule has 6 nitrogen and oxygen atoms in total. The molecule has 1 aromatic carbocycles. The Morgan fingerprint density at radius 3 is 2.72 bits per heavy atom. The van der Waals surface area contributed by atoms with E-state index in [0.717, 1.165) is 18.2 Å². The molecule has 0 aliphatic carbocycles. The minimum atomic E-state index is -0.645. The topological polar surface area (TPSA) is 79.5 Å². The molecule has 0 radical (unpaired) electrons. The van der Waals surface area contributed by atoms with E-state index in [1.54, 1.807) is 11.0 Å². The second kappa shape index (κ2) is 6.84.